The van der Waals surface area contributed by atoms with Gasteiger partial charge in [0.1, 0.15) is 17.4 Å². The Bertz CT molecular complexity index is 1620. The number of aromatic nitrogens is 3. The maximum Gasteiger partial charge on any atom is 0.327 e. The van der Waals surface area contributed by atoms with Crippen molar-refractivity contribution < 1.29 is 22.7 Å². The molecule has 0 saturated heterocycles. The van der Waals surface area contributed by atoms with Crippen molar-refractivity contribution in [2.75, 3.05) is 24.9 Å². The molecule has 2 aromatic heterocycles. The van der Waals surface area contributed by atoms with E-state index in [1.54, 1.807) is 82.0 Å². The Hall–Kier alpha value is -3.41. The fourth-order valence-corrected chi connectivity index (χ4v) is 6.66. The summed E-state index contributed by atoms with van der Waals surface area (Å²) >= 11 is 12.3. The molecule has 0 fully saturated rings. The van der Waals surface area contributed by atoms with E-state index in [0.29, 0.717) is 21.8 Å². The van der Waals surface area contributed by atoms with Gasteiger partial charge in [-0.2, -0.15) is 0 Å². The Kier molecular flexibility index (Phi) is 8.30. The van der Waals surface area contributed by atoms with Crippen molar-refractivity contribution in [1.29, 1.82) is 0 Å². The number of amides is 1. The van der Waals surface area contributed by atoms with E-state index in [1.165, 1.54) is 17.1 Å². The number of nitrogens with zero attached hydrogens (tertiary/aromatic N) is 5. The highest BCUT2D eigenvalue weighted by atomic mass is 35.5. The van der Waals surface area contributed by atoms with Gasteiger partial charge in [-0.05, 0) is 69.3 Å². The van der Waals surface area contributed by atoms with Crippen molar-refractivity contribution in [3.63, 3.8) is 0 Å². The van der Waals surface area contributed by atoms with Crippen LogP contribution in [0.15, 0.2) is 64.8 Å². The van der Waals surface area contributed by atoms with E-state index >= 15 is 0 Å². The van der Waals surface area contributed by atoms with Crippen molar-refractivity contribution in [3.05, 3.63) is 70.5 Å². The van der Waals surface area contributed by atoms with Crippen LogP contribution in [0.3, 0.4) is 0 Å². The molecule has 10 nitrogen and oxygen atoms in total. The molecule has 40 heavy (non-hydrogen) atoms. The number of rotatable bonds is 7. The fraction of sp³-hybridized carbons (Fsp3) is 0.333. The van der Waals surface area contributed by atoms with E-state index in [4.69, 9.17) is 27.9 Å². The lowest BCUT2D eigenvalue weighted by molar-refractivity contribution is -0.152. The van der Waals surface area contributed by atoms with Gasteiger partial charge in [0.15, 0.2) is 11.5 Å². The minimum absolute atomic E-state index is 0.0224. The Labute approximate surface area is 242 Å². The molecule has 3 aromatic rings. The van der Waals surface area contributed by atoms with Crippen LogP contribution in [0.4, 0.5) is 5.69 Å². The number of hydrogen-bond donors (Lipinski definition) is 0. The van der Waals surface area contributed by atoms with Gasteiger partial charge >= 0.3 is 5.97 Å². The normalized spacial score (nSPS) is 15.8. The quantitative estimate of drug-likeness (QED) is 0.361. The summed E-state index contributed by atoms with van der Waals surface area (Å²) in [5, 5.41) is 8.33. The number of carbonyl (C=O) groups is 2. The fourth-order valence-electron chi connectivity index (χ4n) is 4.14. The topological polar surface area (TPSA) is 115 Å². The van der Waals surface area contributed by atoms with Gasteiger partial charge in [0.2, 0.25) is 10.0 Å². The molecule has 1 amide bonds. The molecule has 13 heteroatoms. The number of hydrogen-bond acceptors (Lipinski definition) is 7. The lowest BCUT2D eigenvalue weighted by atomic mass is 10.2. The minimum Gasteiger partial charge on any atom is -0.459 e. The van der Waals surface area contributed by atoms with Gasteiger partial charge in [-0.1, -0.05) is 23.2 Å². The number of sulfonamides is 1. The van der Waals surface area contributed by atoms with Crippen LogP contribution in [0.2, 0.25) is 0 Å². The van der Waals surface area contributed by atoms with E-state index in [9.17, 15) is 18.0 Å². The van der Waals surface area contributed by atoms with Crippen LogP contribution < -0.4 is 4.31 Å². The molecule has 1 aliphatic carbocycles. The van der Waals surface area contributed by atoms with Crippen LogP contribution in [0.5, 0.6) is 0 Å². The van der Waals surface area contributed by atoms with Crippen LogP contribution in [0, 0.1) is 0 Å². The summed E-state index contributed by atoms with van der Waals surface area (Å²) in [7, 11) is -0.885. The zero-order chi connectivity index (χ0) is 29.4. The summed E-state index contributed by atoms with van der Waals surface area (Å²) in [5.41, 5.74) is 0.388. The molecule has 0 aliphatic heterocycles. The first-order valence-electron chi connectivity index (χ1n) is 12.3. The van der Waals surface area contributed by atoms with Crippen LogP contribution in [-0.2, 0) is 19.6 Å². The van der Waals surface area contributed by atoms with Crippen LogP contribution in [-0.4, -0.2) is 71.4 Å². The maximum atomic E-state index is 13.9. The third-order valence-corrected chi connectivity index (χ3v) is 8.42. The number of fused-ring (bicyclic) bond motifs is 1. The molecule has 212 valence electrons. The van der Waals surface area contributed by atoms with Gasteiger partial charge in [-0.15, -0.1) is 10.2 Å². The molecule has 0 radical (unpaired) electrons. The third-order valence-electron chi connectivity index (χ3n) is 5.90. The molecule has 1 atom stereocenters. The maximum absolute atomic E-state index is 13.9. The molecular formula is C27H29Cl2N5O5S. The smallest absolute Gasteiger partial charge is 0.327 e. The number of carbonyl (C=O) groups excluding carboxylic acids is 2. The Balaban J connectivity index is 1.72. The van der Waals surface area contributed by atoms with E-state index in [-0.39, 0.29) is 28.7 Å². The van der Waals surface area contributed by atoms with Crippen molar-refractivity contribution >= 4 is 61.7 Å². The second kappa shape index (κ2) is 11.2. The number of anilines is 1. The SMILES string of the molecule is CN(C)C(=O)c1ccc(-n2ccc3cc(N(CC(=O)OC(C)(C)C)S(=O)(=O)C4C=C(Cl)C=C(Cl)C4)ccc32)nn1. The number of esters is 1. The van der Waals surface area contributed by atoms with Gasteiger partial charge in [0, 0.05) is 42.2 Å². The predicted molar refractivity (Wildman–Crippen MR) is 155 cm³/mol. The molecule has 0 bridgehead atoms. The van der Waals surface area contributed by atoms with E-state index in [0.717, 1.165) is 4.31 Å². The standard InChI is InChI=1S/C27H29Cl2N5O5S/c1-27(2,3)39-25(35)16-34(40(37,38)21-14-18(28)13-19(29)15-21)20-6-8-23-17(12-20)10-11-33(23)24-9-7-22(30-31-24)26(36)32(4)5/h6-14,21H,15-16H2,1-5H3. The van der Waals surface area contributed by atoms with Gasteiger partial charge in [0.05, 0.1) is 11.2 Å². The summed E-state index contributed by atoms with van der Waals surface area (Å²) in [6.07, 6.45) is 4.68. The molecular weight excluding hydrogens is 577 g/mol. The molecule has 0 saturated carbocycles. The van der Waals surface area contributed by atoms with Gasteiger partial charge in [-0.3, -0.25) is 18.5 Å². The van der Waals surface area contributed by atoms with Crippen molar-refractivity contribution in [2.24, 2.45) is 0 Å². The average molecular weight is 607 g/mol. The van der Waals surface area contributed by atoms with Crippen molar-refractivity contribution in [2.45, 2.75) is 38.0 Å². The summed E-state index contributed by atoms with van der Waals surface area (Å²) < 4.78 is 35.9. The number of benzene rings is 1. The largest absolute Gasteiger partial charge is 0.459 e. The van der Waals surface area contributed by atoms with Crippen molar-refractivity contribution in [3.8, 4) is 5.82 Å². The molecule has 1 unspecified atom stereocenters. The van der Waals surface area contributed by atoms with Crippen LogP contribution in [0.1, 0.15) is 37.7 Å². The minimum atomic E-state index is -4.15. The Morgan fingerprint density at radius 3 is 2.42 bits per heavy atom. The summed E-state index contributed by atoms with van der Waals surface area (Å²) in [6, 6.07) is 10.0. The second-order valence-electron chi connectivity index (χ2n) is 10.4. The number of ether oxygens (including phenoxy) is 1. The molecule has 1 aliphatic rings. The molecule has 4 rings (SSSR count). The Morgan fingerprint density at radius 2 is 1.82 bits per heavy atom. The zero-order valence-corrected chi connectivity index (χ0v) is 25.0. The first kappa shape index (κ1) is 29.6. The molecule has 0 spiro atoms. The molecule has 1 aromatic carbocycles. The first-order chi connectivity index (χ1) is 18.7. The van der Waals surface area contributed by atoms with Gasteiger partial charge < -0.3 is 9.64 Å². The number of halogens is 2. The zero-order valence-electron chi connectivity index (χ0n) is 22.6. The summed E-state index contributed by atoms with van der Waals surface area (Å²) in [5.74, 6) is -0.498. The van der Waals surface area contributed by atoms with E-state index < -0.39 is 33.4 Å². The van der Waals surface area contributed by atoms with Gasteiger partial charge in [0.25, 0.3) is 5.91 Å². The summed E-state index contributed by atoms with van der Waals surface area (Å²) in [4.78, 5) is 26.4. The number of allylic oxidation sites excluding steroid dienone is 3. The monoisotopic (exact) mass is 605 g/mol. The second-order valence-corrected chi connectivity index (χ2v) is 13.4. The predicted octanol–water partition coefficient (Wildman–Crippen LogP) is 4.62. The van der Waals surface area contributed by atoms with E-state index in [1.807, 2.05) is 0 Å². The van der Waals surface area contributed by atoms with Crippen molar-refractivity contribution in [1.82, 2.24) is 19.7 Å². The van der Waals surface area contributed by atoms with Crippen LogP contribution >= 0.6 is 23.2 Å². The molecule has 2 heterocycles. The first-order valence-corrected chi connectivity index (χ1v) is 14.6. The lowest BCUT2D eigenvalue weighted by Gasteiger charge is -2.30. The van der Waals surface area contributed by atoms with Crippen LogP contribution in [0.25, 0.3) is 16.7 Å². The third kappa shape index (κ3) is 6.48. The average Bonchev–Trinajstić information content (AvgIpc) is 3.28. The van der Waals surface area contributed by atoms with Gasteiger partial charge in [-0.25, -0.2) is 8.42 Å². The highest BCUT2D eigenvalue weighted by molar-refractivity contribution is 7.93. The van der Waals surface area contributed by atoms with E-state index in [2.05, 4.69) is 10.2 Å². The highest BCUT2D eigenvalue weighted by Crippen LogP contribution is 2.33. The lowest BCUT2D eigenvalue weighted by Crippen LogP contribution is -2.43. The molecule has 0 N–H and O–H groups in total. The Morgan fingerprint density at radius 1 is 1.10 bits per heavy atom. The highest BCUT2D eigenvalue weighted by Gasteiger charge is 2.35. The summed E-state index contributed by atoms with van der Waals surface area (Å²) in [6.45, 7) is 4.58.